The Morgan fingerprint density at radius 3 is 2.50 bits per heavy atom. The first kappa shape index (κ1) is 12.1. The van der Waals surface area contributed by atoms with E-state index in [1.807, 2.05) is 66.6 Å². The molecule has 1 heteroatoms. The smallest absolute Gasteiger partial charge is 0.0455 e. The van der Waals surface area contributed by atoms with Gasteiger partial charge in [0.15, 0.2) is 0 Å². The molecule has 0 aliphatic carbocycles. The van der Waals surface area contributed by atoms with Crippen LogP contribution in [0.1, 0.15) is 6.92 Å². The number of anilines is 1. The summed E-state index contributed by atoms with van der Waals surface area (Å²) >= 11 is 0. The maximum absolute atomic E-state index is 4.03. The molecule has 1 nitrogen and oxygen atoms in total. The van der Waals surface area contributed by atoms with Gasteiger partial charge in [-0.3, -0.25) is 0 Å². The first-order valence-electron chi connectivity index (χ1n) is 5.24. The molecule has 0 aromatic heterocycles. The number of hydrogen-bond donors (Lipinski definition) is 0. The highest BCUT2D eigenvalue weighted by molar-refractivity contribution is 5.56. The Morgan fingerprint density at radius 1 is 1.25 bits per heavy atom. The van der Waals surface area contributed by atoms with E-state index < -0.39 is 0 Å². The molecule has 82 valence electrons. The van der Waals surface area contributed by atoms with Gasteiger partial charge in [-0.05, 0) is 25.1 Å². The summed E-state index contributed by atoms with van der Waals surface area (Å²) in [6.45, 7) is 9.66. The third-order valence-electron chi connectivity index (χ3n) is 2.07. The van der Waals surface area contributed by atoms with Gasteiger partial charge in [-0.15, -0.1) is 0 Å². The molecule has 0 saturated carbocycles. The number of hydrogen-bond acceptors (Lipinski definition) is 1. The average Bonchev–Trinajstić information content (AvgIpc) is 2.34. The van der Waals surface area contributed by atoms with Crippen LogP contribution in [-0.2, 0) is 0 Å². The van der Waals surface area contributed by atoms with Gasteiger partial charge >= 0.3 is 0 Å². The fourth-order valence-corrected chi connectivity index (χ4v) is 1.34. The van der Waals surface area contributed by atoms with Crippen LogP contribution in [0.5, 0.6) is 0 Å². The maximum Gasteiger partial charge on any atom is 0.0455 e. The Bertz CT molecular complexity index is 399. The van der Waals surface area contributed by atoms with Crippen LogP contribution < -0.4 is 4.90 Å². The monoisotopic (exact) mass is 211 g/mol. The minimum atomic E-state index is 0.907. The Hall–Kier alpha value is -2.02. The van der Waals surface area contributed by atoms with Gasteiger partial charge in [0.1, 0.15) is 0 Å². The molecule has 1 rings (SSSR count). The van der Waals surface area contributed by atoms with Gasteiger partial charge in [0.25, 0.3) is 0 Å². The second-order valence-electron chi connectivity index (χ2n) is 3.27. The molecule has 0 amide bonds. The molecule has 16 heavy (non-hydrogen) atoms. The van der Waals surface area contributed by atoms with Crippen molar-refractivity contribution >= 4 is 5.69 Å². The van der Waals surface area contributed by atoms with E-state index in [0.29, 0.717) is 0 Å². The van der Waals surface area contributed by atoms with Crippen LogP contribution in [0.4, 0.5) is 5.69 Å². The lowest BCUT2D eigenvalue weighted by Crippen LogP contribution is -2.12. The van der Waals surface area contributed by atoms with Crippen LogP contribution in [0.15, 0.2) is 79.7 Å². The van der Waals surface area contributed by atoms with Crippen LogP contribution in [0.3, 0.4) is 0 Å². The summed E-state index contributed by atoms with van der Waals surface area (Å²) in [6.07, 6.45) is 9.52. The van der Waals surface area contributed by atoms with Crippen molar-refractivity contribution in [2.24, 2.45) is 0 Å². The highest BCUT2D eigenvalue weighted by Gasteiger charge is 2.02. The van der Waals surface area contributed by atoms with Crippen LogP contribution >= 0.6 is 0 Å². The van der Waals surface area contributed by atoms with Crippen molar-refractivity contribution in [3.05, 3.63) is 79.7 Å². The number of para-hydroxylation sites is 1. The van der Waals surface area contributed by atoms with E-state index in [1.165, 1.54) is 0 Å². The molecule has 0 aliphatic rings. The molecule has 0 spiro atoms. The van der Waals surface area contributed by atoms with Crippen molar-refractivity contribution in [2.75, 3.05) is 4.90 Å². The van der Waals surface area contributed by atoms with Crippen molar-refractivity contribution in [2.45, 2.75) is 6.92 Å². The normalized spacial score (nSPS) is 10.8. The fraction of sp³-hybridized carbons (Fsp3) is 0.0667. The first-order chi connectivity index (χ1) is 7.79. The van der Waals surface area contributed by atoms with E-state index in [1.54, 1.807) is 6.08 Å². The topological polar surface area (TPSA) is 3.24 Å². The maximum atomic E-state index is 4.03. The number of rotatable bonds is 5. The van der Waals surface area contributed by atoms with Crippen molar-refractivity contribution in [3.63, 3.8) is 0 Å². The minimum absolute atomic E-state index is 0.907. The number of nitrogens with zero attached hydrogens (tertiary/aromatic N) is 1. The Balaban J connectivity index is 2.96. The largest absolute Gasteiger partial charge is 0.318 e. The lowest BCUT2D eigenvalue weighted by molar-refractivity contribution is 1.21. The lowest BCUT2D eigenvalue weighted by atomic mass is 10.2. The predicted octanol–water partition coefficient (Wildman–Crippen LogP) is 4.28. The molecule has 1 aromatic carbocycles. The first-order valence-corrected chi connectivity index (χ1v) is 5.24. The molecular weight excluding hydrogens is 194 g/mol. The van der Waals surface area contributed by atoms with Crippen molar-refractivity contribution in [1.82, 2.24) is 0 Å². The van der Waals surface area contributed by atoms with Crippen molar-refractivity contribution in [3.8, 4) is 0 Å². The summed E-state index contributed by atoms with van der Waals surface area (Å²) < 4.78 is 0. The van der Waals surface area contributed by atoms with Gasteiger partial charge in [0.2, 0.25) is 0 Å². The average molecular weight is 211 g/mol. The van der Waals surface area contributed by atoms with Crippen LogP contribution in [0, 0.1) is 0 Å². The van der Waals surface area contributed by atoms with Crippen molar-refractivity contribution in [1.29, 1.82) is 0 Å². The van der Waals surface area contributed by atoms with E-state index in [-0.39, 0.29) is 0 Å². The molecule has 0 aliphatic heterocycles. The lowest BCUT2D eigenvalue weighted by Gasteiger charge is -2.20. The van der Waals surface area contributed by atoms with Gasteiger partial charge < -0.3 is 4.90 Å². The third-order valence-corrected chi connectivity index (χ3v) is 2.07. The van der Waals surface area contributed by atoms with Gasteiger partial charge in [-0.1, -0.05) is 49.6 Å². The Labute approximate surface area is 97.7 Å². The van der Waals surface area contributed by atoms with Crippen LogP contribution in [0.2, 0.25) is 0 Å². The number of benzene rings is 1. The quantitative estimate of drug-likeness (QED) is 0.657. The number of allylic oxidation sites excluding steroid dienone is 4. The molecule has 0 fully saturated rings. The molecular formula is C15H17N. The summed E-state index contributed by atoms with van der Waals surface area (Å²) in [5, 5.41) is 0. The van der Waals surface area contributed by atoms with E-state index in [9.17, 15) is 0 Å². The Morgan fingerprint density at radius 2 is 1.94 bits per heavy atom. The zero-order valence-corrected chi connectivity index (χ0v) is 9.63. The van der Waals surface area contributed by atoms with Gasteiger partial charge in [0.05, 0.1) is 0 Å². The minimum Gasteiger partial charge on any atom is -0.318 e. The second-order valence-corrected chi connectivity index (χ2v) is 3.27. The standard InChI is InChI=1S/C15H17N/c1-4-6-10-14(3)16(13-5-2)15-11-8-7-9-12-15/h4-13H,1,3H2,2H3/b10-6-,13-5+. The Kier molecular flexibility index (Phi) is 4.87. The van der Waals surface area contributed by atoms with Crippen LogP contribution in [-0.4, -0.2) is 0 Å². The zero-order chi connectivity index (χ0) is 11.8. The summed E-state index contributed by atoms with van der Waals surface area (Å²) in [4.78, 5) is 2.03. The van der Waals surface area contributed by atoms with Gasteiger partial charge in [-0.2, -0.15) is 0 Å². The highest BCUT2D eigenvalue weighted by atomic mass is 15.1. The van der Waals surface area contributed by atoms with Gasteiger partial charge in [-0.25, -0.2) is 0 Å². The summed E-state index contributed by atoms with van der Waals surface area (Å²) in [5.41, 5.74) is 2.00. The fourth-order valence-electron chi connectivity index (χ4n) is 1.34. The second kappa shape index (κ2) is 6.46. The van der Waals surface area contributed by atoms with E-state index in [4.69, 9.17) is 0 Å². The van der Waals surface area contributed by atoms with Crippen LogP contribution in [0.25, 0.3) is 0 Å². The van der Waals surface area contributed by atoms with Gasteiger partial charge in [0, 0.05) is 17.6 Å². The molecule has 0 radical (unpaired) electrons. The summed E-state index contributed by atoms with van der Waals surface area (Å²) in [6, 6.07) is 10.1. The molecule has 0 bridgehead atoms. The molecule has 0 atom stereocenters. The summed E-state index contributed by atoms with van der Waals surface area (Å²) in [5.74, 6) is 0. The predicted molar refractivity (Wildman–Crippen MR) is 72.2 cm³/mol. The highest BCUT2D eigenvalue weighted by Crippen LogP contribution is 2.19. The third kappa shape index (κ3) is 3.28. The molecule has 0 heterocycles. The SMILES string of the molecule is C=C/C=C\C(=C)N(/C=C/C)c1ccccc1. The molecule has 0 unspecified atom stereocenters. The molecule has 0 N–H and O–H groups in total. The summed E-state index contributed by atoms with van der Waals surface area (Å²) in [7, 11) is 0. The van der Waals surface area contributed by atoms with E-state index in [0.717, 1.165) is 11.4 Å². The molecule has 1 aromatic rings. The van der Waals surface area contributed by atoms with Crippen molar-refractivity contribution < 1.29 is 0 Å². The molecule has 0 saturated heterocycles. The van der Waals surface area contributed by atoms with E-state index in [2.05, 4.69) is 13.2 Å². The van der Waals surface area contributed by atoms with E-state index >= 15 is 0 Å². The zero-order valence-electron chi connectivity index (χ0n) is 9.63.